The molecule has 7 heteroatoms. The van der Waals surface area contributed by atoms with E-state index in [1.54, 1.807) is 24.3 Å². The second kappa shape index (κ2) is 12.1. The number of hydrogen-bond donors (Lipinski definition) is 1. The first-order valence-corrected chi connectivity index (χ1v) is 11.8. The minimum absolute atomic E-state index is 0.0296. The van der Waals surface area contributed by atoms with E-state index < -0.39 is 6.04 Å². The summed E-state index contributed by atoms with van der Waals surface area (Å²) >= 11 is 0. The lowest BCUT2D eigenvalue weighted by Crippen LogP contribution is -2.46. The Morgan fingerprint density at radius 1 is 1.00 bits per heavy atom. The zero-order valence-corrected chi connectivity index (χ0v) is 19.4. The number of rotatable bonds is 10. The third kappa shape index (κ3) is 6.90. The molecular formula is C28H29FN2O4. The van der Waals surface area contributed by atoms with Gasteiger partial charge in [0.2, 0.25) is 5.91 Å². The van der Waals surface area contributed by atoms with Crippen molar-refractivity contribution in [3.8, 4) is 5.75 Å². The summed E-state index contributed by atoms with van der Waals surface area (Å²) in [5.41, 5.74) is 1.37. The molecule has 2 amide bonds. The third-order valence-corrected chi connectivity index (χ3v) is 5.90. The Morgan fingerprint density at radius 3 is 2.34 bits per heavy atom. The predicted molar refractivity (Wildman–Crippen MR) is 130 cm³/mol. The van der Waals surface area contributed by atoms with Gasteiger partial charge in [0.1, 0.15) is 17.6 Å². The number of halogens is 1. The molecule has 1 fully saturated rings. The van der Waals surface area contributed by atoms with Gasteiger partial charge in [0.25, 0.3) is 5.91 Å². The van der Waals surface area contributed by atoms with E-state index in [-0.39, 0.29) is 36.9 Å². The number of hydrogen-bond acceptors (Lipinski definition) is 4. The zero-order chi connectivity index (χ0) is 24.5. The molecule has 2 atom stereocenters. The van der Waals surface area contributed by atoms with E-state index in [9.17, 15) is 14.0 Å². The van der Waals surface area contributed by atoms with Gasteiger partial charge in [0, 0.05) is 19.7 Å². The summed E-state index contributed by atoms with van der Waals surface area (Å²) in [6, 6.07) is 23.2. The molecule has 1 N–H and O–H groups in total. The van der Waals surface area contributed by atoms with Crippen molar-refractivity contribution in [1.82, 2.24) is 10.2 Å². The monoisotopic (exact) mass is 476 g/mol. The van der Waals surface area contributed by atoms with Crippen molar-refractivity contribution in [3.05, 3.63) is 102 Å². The molecule has 0 aliphatic carbocycles. The Labute approximate surface area is 204 Å². The van der Waals surface area contributed by atoms with Gasteiger partial charge in [0.05, 0.1) is 6.10 Å². The van der Waals surface area contributed by atoms with Crippen LogP contribution in [0.3, 0.4) is 0 Å². The molecule has 1 aliphatic rings. The third-order valence-electron chi connectivity index (χ3n) is 5.90. The average Bonchev–Trinajstić information content (AvgIpc) is 3.42. The second-order valence-corrected chi connectivity index (χ2v) is 8.44. The Hall–Kier alpha value is -3.71. The quantitative estimate of drug-likeness (QED) is 0.475. The molecule has 0 bridgehead atoms. The lowest BCUT2D eigenvalue weighted by atomic mass is 10.0. The van der Waals surface area contributed by atoms with Crippen LogP contribution in [0.5, 0.6) is 5.75 Å². The smallest absolute Gasteiger partial charge is 0.261 e. The molecule has 1 saturated heterocycles. The number of carbonyl (C=O) groups excluding carboxylic acids is 2. The largest absolute Gasteiger partial charge is 0.484 e. The summed E-state index contributed by atoms with van der Waals surface area (Å²) in [6.07, 6.45) is 1.83. The molecule has 0 unspecified atom stereocenters. The van der Waals surface area contributed by atoms with E-state index in [0.717, 1.165) is 12.8 Å². The molecule has 4 rings (SSSR count). The van der Waals surface area contributed by atoms with Gasteiger partial charge in [-0.3, -0.25) is 9.59 Å². The van der Waals surface area contributed by atoms with Gasteiger partial charge < -0.3 is 19.7 Å². The van der Waals surface area contributed by atoms with Gasteiger partial charge in [-0.05, 0) is 48.2 Å². The van der Waals surface area contributed by atoms with Crippen LogP contribution < -0.4 is 10.1 Å². The predicted octanol–water partition coefficient (Wildman–Crippen LogP) is 4.27. The van der Waals surface area contributed by atoms with Crippen molar-refractivity contribution in [1.29, 1.82) is 0 Å². The van der Waals surface area contributed by atoms with E-state index in [0.29, 0.717) is 30.0 Å². The molecule has 3 aromatic rings. The Kier molecular flexibility index (Phi) is 8.46. The molecule has 35 heavy (non-hydrogen) atoms. The maximum atomic E-state index is 13.5. The van der Waals surface area contributed by atoms with E-state index in [1.165, 1.54) is 17.0 Å². The van der Waals surface area contributed by atoms with Crippen LogP contribution in [0.25, 0.3) is 0 Å². The van der Waals surface area contributed by atoms with Gasteiger partial charge in [-0.2, -0.15) is 0 Å². The first kappa shape index (κ1) is 24.4. The highest BCUT2D eigenvalue weighted by Crippen LogP contribution is 2.25. The number of ether oxygens (including phenoxy) is 2. The Morgan fingerprint density at radius 2 is 1.69 bits per heavy atom. The van der Waals surface area contributed by atoms with E-state index in [1.807, 2.05) is 48.5 Å². The molecule has 0 radical (unpaired) electrons. The van der Waals surface area contributed by atoms with Crippen molar-refractivity contribution < 1.29 is 23.5 Å². The summed E-state index contributed by atoms with van der Waals surface area (Å²) in [5.74, 6) is -0.476. The van der Waals surface area contributed by atoms with Crippen LogP contribution in [0.1, 0.15) is 30.0 Å². The molecular weight excluding hydrogens is 447 g/mol. The molecule has 0 saturated carbocycles. The normalized spacial score (nSPS) is 15.9. The molecule has 0 spiro atoms. The van der Waals surface area contributed by atoms with Gasteiger partial charge in [-0.1, -0.05) is 60.7 Å². The highest BCUT2D eigenvalue weighted by atomic mass is 19.1. The number of para-hydroxylation sites is 1. The summed E-state index contributed by atoms with van der Waals surface area (Å²) < 4.78 is 24.9. The maximum absolute atomic E-state index is 13.5. The summed E-state index contributed by atoms with van der Waals surface area (Å²) in [6.45, 7) is 0.938. The Bertz CT molecular complexity index is 1090. The fourth-order valence-electron chi connectivity index (χ4n) is 4.08. The van der Waals surface area contributed by atoms with Gasteiger partial charge >= 0.3 is 0 Å². The SMILES string of the molecule is O=C(NC[C@H]1CCCO1)[C@@H](c1ccccc1)N(Cc1ccc(F)cc1)C(=O)COc1ccccc1. The number of nitrogens with zero attached hydrogens (tertiary/aromatic N) is 1. The van der Waals surface area contributed by atoms with Crippen molar-refractivity contribution in [2.24, 2.45) is 0 Å². The average molecular weight is 477 g/mol. The molecule has 182 valence electrons. The van der Waals surface area contributed by atoms with Crippen LogP contribution in [0.15, 0.2) is 84.9 Å². The van der Waals surface area contributed by atoms with E-state index >= 15 is 0 Å². The summed E-state index contributed by atoms with van der Waals surface area (Å²) in [7, 11) is 0. The van der Waals surface area contributed by atoms with Crippen LogP contribution in [0, 0.1) is 5.82 Å². The van der Waals surface area contributed by atoms with Gasteiger partial charge in [0.15, 0.2) is 6.61 Å². The molecule has 3 aromatic carbocycles. The zero-order valence-electron chi connectivity index (χ0n) is 19.4. The molecule has 1 aliphatic heterocycles. The highest BCUT2D eigenvalue weighted by Gasteiger charge is 2.32. The van der Waals surface area contributed by atoms with Crippen molar-refractivity contribution in [3.63, 3.8) is 0 Å². The van der Waals surface area contributed by atoms with E-state index in [2.05, 4.69) is 5.32 Å². The van der Waals surface area contributed by atoms with Crippen LogP contribution in [0.4, 0.5) is 4.39 Å². The first-order chi connectivity index (χ1) is 17.1. The number of benzene rings is 3. The maximum Gasteiger partial charge on any atom is 0.261 e. The van der Waals surface area contributed by atoms with Crippen LogP contribution in [-0.4, -0.2) is 42.6 Å². The number of nitrogens with one attached hydrogen (secondary N) is 1. The minimum atomic E-state index is -0.894. The topological polar surface area (TPSA) is 67.9 Å². The highest BCUT2D eigenvalue weighted by molar-refractivity contribution is 5.89. The van der Waals surface area contributed by atoms with Crippen LogP contribution >= 0.6 is 0 Å². The molecule has 1 heterocycles. The summed E-state index contributed by atoms with van der Waals surface area (Å²) in [5, 5.41) is 2.97. The lowest BCUT2D eigenvalue weighted by Gasteiger charge is -2.32. The molecule has 0 aromatic heterocycles. The minimum Gasteiger partial charge on any atom is -0.484 e. The fourth-order valence-corrected chi connectivity index (χ4v) is 4.08. The van der Waals surface area contributed by atoms with Gasteiger partial charge in [-0.15, -0.1) is 0 Å². The standard InChI is InChI=1S/C28H29FN2O4/c29-23-15-13-21(14-16-23)19-31(26(32)20-35-24-10-5-2-6-11-24)27(22-8-3-1-4-9-22)28(33)30-18-25-12-7-17-34-25/h1-6,8-11,13-16,25,27H,7,12,17-20H2,(H,30,33)/t25-,27-/m1/s1. The van der Waals surface area contributed by atoms with Crippen molar-refractivity contribution in [2.45, 2.75) is 31.5 Å². The van der Waals surface area contributed by atoms with Crippen LogP contribution in [-0.2, 0) is 20.9 Å². The van der Waals surface area contributed by atoms with Crippen molar-refractivity contribution in [2.75, 3.05) is 19.8 Å². The lowest BCUT2D eigenvalue weighted by molar-refractivity contribution is -0.143. The van der Waals surface area contributed by atoms with E-state index in [4.69, 9.17) is 9.47 Å². The number of carbonyl (C=O) groups is 2. The summed E-state index contributed by atoms with van der Waals surface area (Å²) in [4.78, 5) is 28.5. The second-order valence-electron chi connectivity index (χ2n) is 8.44. The first-order valence-electron chi connectivity index (χ1n) is 11.8. The van der Waals surface area contributed by atoms with Gasteiger partial charge in [-0.25, -0.2) is 4.39 Å². The fraction of sp³-hybridized carbons (Fsp3) is 0.286. The number of amides is 2. The van der Waals surface area contributed by atoms with Crippen LogP contribution in [0.2, 0.25) is 0 Å². The van der Waals surface area contributed by atoms with Crippen molar-refractivity contribution >= 4 is 11.8 Å². The Balaban J connectivity index is 1.60. The molecule has 6 nitrogen and oxygen atoms in total.